The number of aliphatic hydroxyl groups is 1. The fourth-order valence-electron chi connectivity index (χ4n) is 2.09. The van der Waals surface area contributed by atoms with Crippen molar-refractivity contribution < 1.29 is 14.6 Å². The topological polar surface area (TPSA) is 46.5 Å². The third-order valence-corrected chi connectivity index (χ3v) is 3.32. The van der Waals surface area contributed by atoms with Crippen LogP contribution in [0, 0.1) is 11.8 Å². The van der Waals surface area contributed by atoms with Gasteiger partial charge in [0.15, 0.2) is 5.78 Å². The van der Waals surface area contributed by atoms with Gasteiger partial charge in [0.1, 0.15) is 6.10 Å². The molecule has 0 bridgehead atoms. The van der Waals surface area contributed by atoms with Crippen molar-refractivity contribution in [2.75, 3.05) is 13.2 Å². The van der Waals surface area contributed by atoms with E-state index < -0.39 is 6.10 Å². The minimum absolute atomic E-state index is 0.271. The summed E-state index contributed by atoms with van der Waals surface area (Å²) < 4.78 is 5.36. The smallest absolute Gasteiger partial charge is 0.195 e. The zero-order valence-electron chi connectivity index (χ0n) is 15.7. The first kappa shape index (κ1) is 21.1. The second kappa shape index (κ2) is 11.6. The Labute approximate surface area is 151 Å². The molecule has 0 fully saturated rings. The number of ketones is 1. The van der Waals surface area contributed by atoms with E-state index in [9.17, 15) is 9.90 Å². The number of hydrogen-bond donors (Lipinski definition) is 1. The monoisotopic (exact) mass is 342 g/mol. The maximum atomic E-state index is 11.9. The molecule has 2 aromatic rings. The lowest BCUT2D eigenvalue weighted by Gasteiger charge is -2.09. The van der Waals surface area contributed by atoms with Gasteiger partial charge >= 0.3 is 0 Å². The molecule has 1 unspecified atom stereocenters. The van der Waals surface area contributed by atoms with Crippen molar-refractivity contribution in [2.24, 2.45) is 11.8 Å². The summed E-state index contributed by atoms with van der Waals surface area (Å²) >= 11 is 0. The SMILES string of the molecule is CC(C)COCC(C)C.O=C(c1ccccc1)C(O)c1ccccc1. The second-order valence-corrected chi connectivity index (χ2v) is 6.87. The highest BCUT2D eigenvalue weighted by atomic mass is 16.5. The van der Waals surface area contributed by atoms with Crippen molar-refractivity contribution >= 4 is 5.78 Å². The van der Waals surface area contributed by atoms with Crippen molar-refractivity contribution in [1.82, 2.24) is 0 Å². The molecule has 0 radical (unpaired) electrons. The van der Waals surface area contributed by atoms with Crippen LogP contribution in [-0.4, -0.2) is 24.1 Å². The van der Waals surface area contributed by atoms with Crippen LogP contribution >= 0.6 is 0 Å². The van der Waals surface area contributed by atoms with Crippen LogP contribution < -0.4 is 0 Å². The van der Waals surface area contributed by atoms with Crippen molar-refractivity contribution in [2.45, 2.75) is 33.8 Å². The van der Waals surface area contributed by atoms with E-state index in [0.717, 1.165) is 13.2 Å². The highest BCUT2D eigenvalue weighted by Crippen LogP contribution is 2.17. The van der Waals surface area contributed by atoms with Gasteiger partial charge in [0, 0.05) is 18.8 Å². The third-order valence-electron chi connectivity index (χ3n) is 3.32. The van der Waals surface area contributed by atoms with Crippen LogP contribution in [0.25, 0.3) is 0 Å². The molecule has 0 saturated heterocycles. The van der Waals surface area contributed by atoms with E-state index in [4.69, 9.17) is 4.74 Å². The third kappa shape index (κ3) is 8.62. The molecule has 3 heteroatoms. The molecule has 2 rings (SSSR count). The molecule has 0 aliphatic carbocycles. The van der Waals surface area contributed by atoms with E-state index in [-0.39, 0.29) is 5.78 Å². The van der Waals surface area contributed by atoms with Gasteiger partial charge in [0.25, 0.3) is 0 Å². The maximum absolute atomic E-state index is 11.9. The molecule has 0 saturated carbocycles. The molecule has 2 aromatic carbocycles. The second-order valence-electron chi connectivity index (χ2n) is 6.87. The molecular formula is C22H30O3. The highest BCUT2D eigenvalue weighted by Gasteiger charge is 2.18. The summed E-state index contributed by atoms with van der Waals surface area (Å²) in [4.78, 5) is 11.9. The van der Waals surface area contributed by atoms with Gasteiger partial charge in [-0.1, -0.05) is 88.4 Å². The fourth-order valence-corrected chi connectivity index (χ4v) is 2.09. The molecule has 3 nitrogen and oxygen atoms in total. The summed E-state index contributed by atoms with van der Waals surface area (Å²) in [5, 5.41) is 9.89. The number of carbonyl (C=O) groups excluding carboxylic acids is 1. The van der Waals surface area contributed by atoms with Crippen molar-refractivity contribution in [3.05, 3.63) is 71.8 Å². The quantitative estimate of drug-likeness (QED) is 0.727. The minimum Gasteiger partial charge on any atom is -0.381 e. The predicted octanol–water partition coefficient (Wildman–Crippen LogP) is 4.92. The lowest BCUT2D eigenvalue weighted by molar-refractivity contribution is 0.0747. The first-order chi connectivity index (χ1) is 11.9. The van der Waals surface area contributed by atoms with Crippen LogP contribution in [-0.2, 0) is 4.74 Å². The van der Waals surface area contributed by atoms with Crippen LogP contribution in [0.4, 0.5) is 0 Å². The maximum Gasteiger partial charge on any atom is 0.195 e. The zero-order valence-corrected chi connectivity index (χ0v) is 15.7. The van der Waals surface area contributed by atoms with Crippen molar-refractivity contribution in [1.29, 1.82) is 0 Å². The molecule has 0 amide bonds. The Hall–Kier alpha value is -1.97. The summed E-state index contributed by atoms with van der Waals surface area (Å²) in [6.07, 6.45) is -1.08. The lowest BCUT2D eigenvalue weighted by Crippen LogP contribution is -2.11. The van der Waals surface area contributed by atoms with Gasteiger partial charge in [-0.05, 0) is 17.4 Å². The number of rotatable bonds is 7. The number of ether oxygens (including phenoxy) is 1. The van der Waals surface area contributed by atoms with Gasteiger partial charge in [-0.2, -0.15) is 0 Å². The van der Waals surface area contributed by atoms with Crippen LogP contribution in [0.3, 0.4) is 0 Å². The first-order valence-electron chi connectivity index (χ1n) is 8.81. The molecule has 0 aliphatic rings. The summed E-state index contributed by atoms with van der Waals surface area (Å²) in [7, 11) is 0. The fraction of sp³-hybridized carbons (Fsp3) is 0.409. The summed E-state index contributed by atoms with van der Waals surface area (Å²) in [5.74, 6) is 1.07. The van der Waals surface area contributed by atoms with Gasteiger partial charge in [0.05, 0.1) is 0 Å². The molecule has 136 valence electrons. The summed E-state index contributed by atoms with van der Waals surface area (Å²) in [5.41, 5.74) is 1.15. The van der Waals surface area contributed by atoms with Crippen molar-refractivity contribution in [3.63, 3.8) is 0 Å². The van der Waals surface area contributed by atoms with E-state index >= 15 is 0 Å². The molecular weight excluding hydrogens is 312 g/mol. The average molecular weight is 342 g/mol. The van der Waals surface area contributed by atoms with Crippen LogP contribution in [0.5, 0.6) is 0 Å². The molecule has 0 aliphatic heterocycles. The highest BCUT2D eigenvalue weighted by molar-refractivity contribution is 5.99. The van der Waals surface area contributed by atoms with Crippen molar-refractivity contribution in [3.8, 4) is 0 Å². The van der Waals surface area contributed by atoms with E-state index in [0.29, 0.717) is 23.0 Å². The van der Waals surface area contributed by atoms with Gasteiger partial charge in [-0.3, -0.25) is 4.79 Å². The number of benzene rings is 2. The standard InChI is InChI=1S/C14H12O2.C8H18O/c15-13(11-7-3-1-4-8-11)14(16)12-9-5-2-6-10-12;1-7(2)5-9-6-8(3)4/h1-10,13,15H;7-8H,5-6H2,1-4H3. The Kier molecular flexibility index (Phi) is 9.75. The molecule has 1 atom stereocenters. The number of aliphatic hydroxyl groups excluding tert-OH is 1. The Morgan fingerprint density at radius 1 is 0.840 bits per heavy atom. The van der Waals surface area contributed by atoms with E-state index in [1.807, 2.05) is 12.1 Å². The Balaban J connectivity index is 0.000000299. The number of hydrogen-bond acceptors (Lipinski definition) is 3. The minimum atomic E-state index is -1.08. The lowest BCUT2D eigenvalue weighted by atomic mass is 10.0. The van der Waals surface area contributed by atoms with Gasteiger partial charge in [0.2, 0.25) is 0 Å². The Morgan fingerprint density at radius 2 is 1.28 bits per heavy atom. The molecule has 0 aromatic heterocycles. The van der Waals surface area contributed by atoms with Gasteiger partial charge < -0.3 is 9.84 Å². The van der Waals surface area contributed by atoms with E-state index in [2.05, 4.69) is 27.7 Å². The number of carbonyl (C=O) groups is 1. The Bertz CT molecular complexity index is 583. The number of Topliss-reactive ketones (excluding diaryl/α,β-unsaturated/α-hetero) is 1. The molecule has 0 heterocycles. The molecule has 25 heavy (non-hydrogen) atoms. The van der Waals surface area contributed by atoms with Gasteiger partial charge in [-0.25, -0.2) is 0 Å². The largest absolute Gasteiger partial charge is 0.381 e. The first-order valence-corrected chi connectivity index (χ1v) is 8.81. The molecule has 0 spiro atoms. The van der Waals surface area contributed by atoms with Crippen LogP contribution in [0.15, 0.2) is 60.7 Å². The Morgan fingerprint density at radius 3 is 1.72 bits per heavy atom. The molecule has 1 N–H and O–H groups in total. The summed E-state index contributed by atoms with van der Waals surface area (Å²) in [6, 6.07) is 17.7. The van der Waals surface area contributed by atoms with Crippen LogP contribution in [0.1, 0.15) is 49.7 Å². The normalized spacial score (nSPS) is 11.8. The van der Waals surface area contributed by atoms with Crippen LogP contribution in [0.2, 0.25) is 0 Å². The average Bonchev–Trinajstić information content (AvgIpc) is 2.62. The zero-order chi connectivity index (χ0) is 18.7. The van der Waals surface area contributed by atoms with Gasteiger partial charge in [-0.15, -0.1) is 0 Å². The van der Waals surface area contributed by atoms with E-state index in [1.165, 1.54) is 0 Å². The van der Waals surface area contributed by atoms with E-state index in [1.54, 1.807) is 48.5 Å². The summed E-state index contributed by atoms with van der Waals surface area (Å²) in [6.45, 7) is 10.5. The predicted molar refractivity (Wildman–Crippen MR) is 103 cm³/mol.